The Bertz CT molecular complexity index is 259. The van der Waals surface area contributed by atoms with Crippen LogP contribution < -0.4 is 5.11 Å². The lowest BCUT2D eigenvalue weighted by atomic mass is 9.91. The minimum atomic E-state index is -0.927. The first-order valence-corrected chi connectivity index (χ1v) is 6.92. The average molecular weight is 229 g/mol. The molecule has 0 aromatic carbocycles. The van der Waals surface area contributed by atoms with E-state index in [1.165, 1.54) is 11.5 Å². The molecular formula is C10H13O2S2-. The maximum absolute atomic E-state index is 10.8. The van der Waals surface area contributed by atoms with E-state index in [0.29, 0.717) is 10.5 Å². The average Bonchev–Trinajstić information content (AvgIpc) is 2.71. The molecule has 0 amide bonds. The highest BCUT2D eigenvalue weighted by Gasteiger charge is 2.35. The Morgan fingerprint density at radius 1 is 1.36 bits per heavy atom. The van der Waals surface area contributed by atoms with Crippen LogP contribution in [0.4, 0.5) is 0 Å². The standard InChI is InChI=1S/C10H14O2S2/c1-6-7(9(11)12)2-3-8(6)10-13-4-5-14-10/h2-3,6-8,10H,4-5H2,1H3,(H,11,12)/p-1. The second kappa shape index (κ2) is 4.19. The maximum Gasteiger partial charge on any atom is 0.0568 e. The molecule has 0 bridgehead atoms. The second-order valence-electron chi connectivity index (χ2n) is 3.78. The van der Waals surface area contributed by atoms with Crippen LogP contribution in [0.3, 0.4) is 0 Å². The Labute approximate surface area is 92.5 Å². The fourth-order valence-corrected chi connectivity index (χ4v) is 5.39. The van der Waals surface area contributed by atoms with Crippen molar-refractivity contribution >= 4 is 29.5 Å². The number of carboxylic acids is 1. The first kappa shape index (κ1) is 10.4. The third kappa shape index (κ3) is 1.82. The molecule has 2 rings (SSSR count). The van der Waals surface area contributed by atoms with E-state index in [1.54, 1.807) is 0 Å². The molecule has 0 radical (unpaired) electrons. The van der Waals surface area contributed by atoms with Gasteiger partial charge in [-0.2, -0.15) is 0 Å². The Hall–Kier alpha value is -0.0900. The number of carboxylic acid groups (broad SMARTS) is 1. The summed E-state index contributed by atoms with van der Waals surface area (Å²) in [5, 5.41) is 10.8. The highest BCUT2D eigenvalue weighted by atomic mass is 32.2. The summed E-state index contributed by atoms with van der Waals surface area (Å²) < 4.78 is 0.561. The van der Waals surface area contributed by atoms with Gasteiger partial charge in [-0.25, -0.2) is 0 Å². The van der Waals surface area contributed by atoms with Crippen LogP contribution in [-0.2, 0) is 4.79 Å². The summed E-state index contributed by atoms with van der Waals surface area (Å²) in [7, 11) is 0. The monoisotopic (exact) mass is 229 g/mol. The zero-order valence-corrected chi connectivity index (χ0v) is 9.64. The number of carbonyl (C=O) groups excluding carboxylic acids is 1. The van der Waals surface area contributed by atoms with Gasteiger partial charge < -0.3 is 9.90 Å². The third-order valence-electron chi connectivity index (χ3n) is 2.95. The van der Waals surface area contributed by atoms with Gasteiger partial charge in [0, 0.05) is 29.3 Å². The first-order chi connectivity index (χ1) is 6.70. The molecular weight excluding hydrogens is 216 g/mol. The lowest BCUT2D eigenvalue weighted by Gasteiger charge is -2.25. The zero-order valence-electron chi connectivity index (χ0n) is 8.01. The van der Waals surface area contributed by atoms with Crippen LogP contribution in [0.25, 0.3) is 0 Å². The molecule has 0 aromatic rings. The van der Waals surface area contributed by atoms with Gasteiger partial charge >= 0.3 is 0 Å². The number of hydrogen-bond acceptors (Lipinski definition) is 4. The molecule has 0 N–H and O–H groups in total. The molecule has 0 spiro atoms. The molecule has 0 aromatic heterocycles. The topological polar surface area (TPSA) is 40.1 Å². The van der Waals surface area contributed by atoms with E-state index in [4.69, 9.17) is 0 Å². The van der Waals surface area contributed by atoms with Crippen molar-refractivity contribution in [2.75, 3.05) is 11.5 Å². The summed E-state index contributed by atoms with van der Waals surface area (Å²) in [6, 6.07) is 0. The smallest absolute Gasteiger partial charge is 0.0568 e. The summed E-state index contributed by atoms with van der Waals surface area (Å²) in [4.78, 5) is 10.8. The molecule has 1 aliphatic heterocycles. The quantitative estimate of drug-likeness (QED) is 0.662. The molecule has 14 heavy (non-hydrogen) atoms. The SMILES string of the molecule is CC1C(C(=O)[O-])C=CC1C1SCCS1. The minimum absolute atomic E-state index is 0.197. The molecule has 78 valence electrons. The van der Waals surface area contributed by atoms with E-state index >= 15 is 0 Å². The van der Waals surface area contributed by atoms with Gasteiger partial charge in [-0.1, -0.05) is 19.1 Å². The van der Waals surface area contributed by atoms with Crippen LogP contribution in [0.2, 0.25) is 0 Å². The molecule has 4 heteroatoms. The summed E-state index contributed by atoms with van der Waals surface area (Å²) >= 11 is 3.91. The van der Waals surface area contributed by atoms with E-state index in [0.717, 1.165) is 0 Å². The number of carbonyl (C=O) groups is 1. The Balaban J connectivity index is 2.03. The van der Waals surface area contributed by atoms with Gasteiger partial charge in [0.1, 0.15) is 0 Å². The highest BCUT2D eigenvalue weighted by Crippen LogP contribution is 2.45. The van der Waals surface area contributed by atoms with Crippen molar-refractivity contribution in [3.63, 3.8) is 0 Å². The van der Waals surface area contributed by atoms with E-state index in [9.17, 15) is 9.90 Å². The van der Waals surface area contributed by atoms with Crippen LogP contribution in [0.5, 0.6) is 0 Å². The Morgan fingerprint density at radius 3 is 2.50 bits per heavy atom. The summed E-state index contributed by atoms with van der Waals surface area (Å²) in [5.74, 6) is 1.70. The van der Waals surface area contributed by atoms with Crippen molar-refractivity contribution in [2.24, 2.45) is 17.8 Å². The van der Waals surface area contributed by atoms with Crippen LogP contribution in [0.1, 0.15) is 6.92 Å². The van der Waals surface area contributed by atoms with Crippen LogP contribution in [0.15, 0.2) is 12.2 Å². The van der Waals surface area contributed by atoms with E-state index in [1.807, 2.05) is 36.5 Å². The van der Waals surface area contributed by atoms with Gasteiger partial charge in [0.15, 0.2) is 0 Å². The Kier molecular flexibility index (Phi) is 3.12. The summed E-state index contributed by atoms with van der Waals surface area (Å²) in [6.45, 7) is 2.02. The summed E-state index contributed by atoms with van der Waals surface area (Å²) in [5.41, 5.74) is 0. The lowest BCUT2D eigenvalue weighted by molar-refractivity contribution is -0.311. The molecule has 1 aliphatic carbocycles. The van der Waals surface area contributed by atoms with Crippen molar-refractivity contribution in [3.8, 4) is 0 Å². The van der Waals surface area contributed by atoms with Gasteiger partial charge in [0.25, 0.3) is 0 Å². The fraction of sp³-hybridized carbons (Fsp3) is 0.700. The van der Waals surface area contributed by atoms with Crippen molar-refractivity contribution < 1.29 is 9.90 Å². The molecule has 0 saturated carbocycles. The lowest BCUT2D eigenvalue weighted by Crippen LogP contribution is -2.34. The molecule has 3 atom stereocenters. The molecule has 2 nitrogen and oxygen atoms in total. The predicted molar refractivity (Wildman–Crippen MR) is 59.0 cm³/mol. The number of aliphatic carboxylic acids is 1. The second-order valence-corrected chi connectivity index (χ2v) is 6.57. The van der Waals surface area contributed by atoms with Crippen molar-refractivity contribution in [1.29, 1.82) is 0 Å². The summed E-state index contributed by atoms with van der Waals surface area (Å²) in [6.07, 6.45) is 3.88. The van der Waals surface area contributed by atoms with E-state index < -0.39 is 5.97 Å². The highest BCUT2D eigenvalue weighted by molar-refractivity contribution is 8.20. The zero-order chi connectivity index (χ0) is 10.1. The third-order valence-corrected chi connectivity index (χ3v) is 6.19. The van der Waals surface area contributed by atoms with Crippen molar-refractivity contribution in [1.82, 2.24) is 0 Å². The van der Waals surface area contributed by atoms with Crippen molar-refractivity contribution in [2.45, 2.75) is 11.5 Å². The van der Waals surface area contributed by atoms with E-state index in [2.05, 4.69) is 6.08 Å². The Morgan fingerprint density at radius 2 is 2.00 bits per heavy atom. The normalized spacial score (nSPS) is 37.9. The van der Waals surface area contributed by atoms with Gasteiger partial charge in [-0.3, -0.25) is 0 Å². The number of hydrogen-bond donors (Lipinski definition) is 0. The number of allylic oxidation sites excluding steroid dienone is 1. The molecule has 1 fully saturated rings. The van der Waals surface area contributed by atoms with Crippen LogP contribution in [0, 0.1) is 17.8 Å². The largest absolute Gasteiger partial charge is 0.550 e. The molecule has 1 saturated heterocycles. The van der Waals surface area contributed by atoms with Gasteiger partial charge in [-0.05, 0) is 5.92 Å². The van der Waals surface area contributed by atoms with Crippen LogP contribution in [-0.4, -0.2) is 22.1 Å². The first-order valence-electron chi connectivity index (χ1n) is 4.82. The van der Waals surface area contributed by atoms with Gasteiger partial charge in [-0.15, -0.1) is 23.5 Å². The number of rotatable bonds is 2. The van der Waals surface area contributed by atoms with E-state index in [-0.39, 0.29) is 11.8 Å². The molecule has 3 unspecified atom stereocenters. The van der Waals surface area contributed by atoms with Gasteiger partial charge in [0.2, 0.25) is 0 Å². The molecule has 2 aliphatic rings. The number of thioether (sulfide) groups is 2. The minimum Gasteiger partial charge on any atom is -0.550 e. The maximum atomic E-state index is 10.8. The van der Waals surface area contributed by atoms with Gasteiger partial charge in [0.05, 0.1) is 4.58 Å². The van der Waals surface area contributed by atoms with Crippen molar-refractivity contribution in [3.05, 3.63) is 12.2 Å². The predicted octanol–water partition coefficient (Wildman–Crippen LogP) is 0.981. The fourth-order valence-electron chi connectivity index (χ4n) is 2.07. The van der Waals surface area contributed by atoms with Crippen LogP contribution >= 0.6 is 23.5 Å². The molecule has 1 heterocycles.